The Hall–Kier alpha value is -1.38. The third-order valence-corrected chi connectivity index (χ3v) is 7.54. The molecule has 0 aliphatic heterocycles. The van der Waals surface area contributed by atoms with E-state index < -0.39 is 0 Å². The molecule has 2 heterocycles. The fraction of sp³-hybridized carbons (Fsp3) is 0.300. The van der Waals surface area contributed by atoms with Crippen molar-refractivity contribution in [3.05, 3.63) is 56.3 Å². The lowest BCUT2D eigenvalue weighted by Crippen LogP contribution is -1.93. The summed E-state index contributed by atoms with van der Waals surface area (Å²) in [7, 11) is 0. The van der Waals surface area contributed by atoms with Gasteiger partial charge in [-0.1, -0.05) is 13.8 Å². The first-order chi connectivity index (χ1) is 10.5. The Bertz CT molecular complexity index is 861. The van der Waals surface area contributed by atoms with Crippen molar-refractivity contribution >= 4 is 22.7 Å². The number of fused-ring (bicyclic) bond motifs is 6. The van der Waals surface area contributed by atoms with Crippen LogP contribution in [0.3, 0.4) is 0 Å². The summed E-state index contributed by atoms with van der Waals surface area (Å²) in [4.78, 5) is 5.90. The Morgan fingerprint density at radius 2 is 1.05 bits per heavy atom. The molecule has 2 aliphatic carbocycles. The Balaban J connectivity index is 1.79. The highest BCUT2D eigenvalue weighted by atomic mass is 32.1. The average Bonchev–Trinajstić information content (AvgIpc) is 3.17. The molecule has 2 atom stereocenters. The molecule has 0 spiro atoms. The molecule has 1 aromatic carbocycles. The molecule has 2 heteroatoms. The van der Waals surface area contributed by atoms with Crippen molar-refractivity contribution in [2.24, 2.45) is 0 Å². The summed E-state index contributed by atoms with van der Waals surface area (Å²) in [5.74, 6) is 1.08. The van der Waals surface area contributed by atoms with Crippen LogP contribution >= 0.6 is 22.7 Å². The standard InChI is InChI=1S/C20H18S2/c1-9-5-15-11(3)13-8-18-14(7-17(13)19(15)21-9)12(4)16-6-10(2)22-20(16)18/h5-8,11-12H,1-4H3. The van der Waals surface area contributed by atoms with Crippen molar-refractivity contribution in [3.8, 4) is 20.9 Å². The number of benzene rings is 1. The van der Waals surface area contributed by atoms with E-state index in [1.165, 1.54) is 52.9 Å². The summed E-state index contributed by atoms with van der Waals surface area (Å²) in [6.45, 7) is 9.18. The zero-order chi connectivity index (χ0) is 15.2. The van der Waals surface area contributed by atoms with Gasteiger partial charge in [0.05, 0.1) is 0 Å². The lowest BCUT2D eigenvalue weighted by Gasteiger charge is -2.12. The predicted octanol–water partition coefficient (Wildman–Crippen LogP) is 6.69. The average molecular weight is 322 g/mol. The maximum absolute atomic E-state index is 2.50. The van der Waals surface area contributed by atoms with Crippen LogP contribution in [-0.4, -0.2) is 0 Å². The van der Waals surface area contributed by atoms with E-state index >= 15 is 0 Å². The number of rotatable bonds is 0. The molecule has 0 amide bonds. The molecular weight excluding hydrogens is 304 g/mol. The van der Waals surface area contributed by atoms with Crippen LogP contribution in [0.5, 0.6) is 0 Å². The molecule has 3 aromatic rings. The molecule has 0 saturated carbocycles. The van der Waals surface area contributed by atoms with E-state index in [1.807, 2.05) is 22.7 Å². The Kier molecular flexibility index (Phi) is 2.45. The molecule has 2 unspecified atom stereocenters. The lowest BCUT2D eigenvalue weighted by atomic mass is 9.93. The van der Waals surface area contributed by atoms with Crippen molar-refractivity contribution in [1.82, 2.24) is 0 Å². The summed E-state index contributed by atoms with van der Waals surface area (Å²) in [5.41, 5.74) is 9.14. The van der Waals surface area contributed by atoms with Crippen molar-refractivity contribution in [1.29, 1.82) is 0 Å². The van der Waals surface area contributed by atoms with Crippen LogP contribution in [0, 0.1) is 13.8 Å². The van der Waals surface area contributed by atoms with Crippen molar-refractivity contribution < 1.29 is 0 Å². The molecule has 0 N–H and O–H groups in total. The second kappa shape index (κ2) is 4.12. The number of aryl methyl sites for hydroxylation is 2. The zero-order valence-electron chi connectivity index (χ0n) is 13.3. The van der Waals surface area contributed by atoms with E-state index in [2.05, 4.69) is 52.0 Å². The van der Waals surface area contributed by atoms with Crippen LogP contribution in [0.25, 0.3) is 20.9 Å². The van der Waals surface area contributed by atoms with Gasteiger partial charge in [-0.25, -0.2) is 0 Å². The first kappa shape index (κ1) is 13.1. The third kappa shape index (κ3) is 1.47. The SMILES string of the molecule is Cc1cc2c(s1)-c1cc3c(cc1C2C)-c1sc(C)cc1C3C. The van der Waals surface area contributed by atoms with Crippen molar-refractivity contribution in [3.63, 3.8) is 0 Å². The normalized spacial score (nSPS) is 20.7. The van der Waals surface area contributed by atoms with Gasteiger partial charge in [0.15, 0.2) is 0 Å². The second-order valence-electron chi connectivity index (χ2n) is 6.75. The fourth-order valence-electron chi connectivity index (χ4n) is 4.21. The molecule has 2 aliphatic rings. The van der Waals surface area contributed by atoms with Gasteiger partial charge in [0.2, 0.25) is 0 Å². The molecular formula is C20H18S2. The van der Waals surface area contributed by atoms with Crippen LogP contribution in [0.15, 0.2) is 24.3 Å². The largest absolute Gasteiger partial charge is 0.140 e. The van der Waals surface area contributed by atoms with E-state index in [4.69, 9.17) is 0 Å². The predicted molar refractivity (Wildman–Crippen MR) is 97.6 cm³/mol. The Morgan fingerprint density at radius 3 is 1.45 bits per heavy atom. The minimum absolute atomic E-state index is 0.542. The van der Waals surface area contributed by atoms with Gasteiger partial charge in [-0.15, -0.1) is 22.7 Å². The lowest BCUT2D eigenvalue weighted by molar-refractivity contribution is 0.944. The third-order valence-electron chi connectivity index (χ3n) is 5.34. The van der Waals surface area contributed by atoms with Gasteiger partial charge in [0.25, 0.3) is 0 Å². The monoisotopic (exact) mass is 322 g/mol. The smallest absolute Gasteiger partial charge is 0.0386 e. The molecule has 5 rings (SSSR count). The van der Waals surface area contributed by atoms with Crippen LogP contribution in [0.4, 0.5) is 0 Å². The number of hydrogen-bond donors (Lipinski definition) is 0. The van der Waals surface area contributed by atoms with Crippen LogP contribution in [-0.2, 0) is 0 Å². The molecule has 22 heavy (non-hydrogen) atoms. The summed E-state index contributed by atoms with van der Waals surface area (Å²) in [6, 6.07) is 9.77. The van der Waals surface area contributed by atoms with Gasteiger partial charge in [0, 0.05) is 31.3 Å². The highest BCUT2D eigenvalue weighted by molar-refractivity contribution is 7.16. The molecule has 0 bridgehead atoms. The van der Waals surface area contributed by atoms with Gasteiger partial charge in [0.1, 0.15) is 0 Å². The zero-order valence-corrected chi connectivity index (χ0v) is 14.9. The highest BCUT2D eigenvalue weighted by Crippen LogP contribution is 2.55. The van der Waals surface area contributed by atoms with Gasteiger partial charge >= 0.3 is 0 Å². The fourth-order valence-corrected chi connectivity index (χ4v) is 6.51. The second-order valence-corrected chi connectivity index (χ2v) is 9.27. The molecule has 2 aromatic heterocycles. The van der Waals surface area contributed by atoms with E-state index in [0.29, 0.717) is 11.8 Å². The molecule has 0 fully saturated rings. The van der Waals surface area contributed by atoms with E-state index in [0.717, 1.165) is 0 Å². The summed E-state index contributed by atoms with van der Waals surface area (Å²) >= 11 is 3.92. The van der Waals surface area contributed by atoms with E-state index in [-0.39, 0.29) is 0 Å². The van der Waals surface area contributed by atoms with Gasteiger partial charge in [-0.05, 0) is 71.5 Å². The molecule has 110 valence electrons. The van der Waals surface area contributed by atoms with Crippen LogP contribution < -0.4 is 0 Å². The number of hydrogen-bond acceptors (Lipinski definition) is 2. The van der Waals surface area contributed by atoms with Crippen LogP contribution in [0.1, 0.15) is 57.7 Å². The summed E-state index contributed by atoms with van der Waals surface area (Å²) in [5, 5.41) is 0. The first-order valence-electron chi connectivity index (χ1n) is 7.94. The van der Waals surface area contributed by atoms with Crippen LogP contribution in [0.2, 0.25) is 0 Å². The maximum Gasteiger partial charge on any atom is 0.0386 e. The maximum atomic E-state index is 2.50. The van der Waals surface area contributed by atoms with E-state index in [1.54, 1.807) is 0 Å². The van der Waals surface area contributed by atoms with Crippen molar-refractivity contribution in [2.75, 3.05) is 0 Å². The molecule has 0 nitrogen and oxygen atoms in total. The molecule has 0 radical (unpaired) electrons. The minimum atomic E-state index is 0.542. The van der Waals surface area contributed by atoms with Gasteiger partial charge in [-0.3, -0.25) is 0 Å². The Labute approximate surface area is 139 Å². The summed E-state index contributed by atoms with van der Waals surface area (Å²) < 4.78 is 0. The highest BCUT2D eigenvalue weighted by Gasteiger charge is 2.34. The van der Waals surface area contributed by atoms with E-state index in [9.17, 15) is 0 Å². The van der Waals surface area contributed by atoms with Crippen molar-refractivity contribution in [2.45, 2.75) is 39.5 Å². The number of thiophene rings is 2. The topological polar surface area (TPSA) is 0 Å². The summed E-state index contributed by atoms with van der Waals surface area (Å²) in [6.07, 6.45) is 0. The minimum Gasteiger partial charge on any atom is -0.140 e. The Morgan fingerprint density at radius 1 is 0.636 bits per heavy atom. The molecule has 0 saturated heterocycles. The van der Waals surface area contributed by atoms with Gasteiger partial charge in [-0.2, -0.15) is 0 Å². The quantitative estimate of drug-likeness (QED) is 0.432. The van der Waals surface area contributed by atoms with Gasteiger partial charge < -0.3 is 0 Å². The first-order valence-corrected chi connectivity index (χ1v) is 9.57.